The average Bonchev–Trinajstić information content (AvgIpc) is 3.34. The van der Waals surface area contributed by atoms with E-state index in [2.05, 4.69) is 30.6 Å². The molecule has 34 heavy (non-hydrogen) atoms. The second-order valence-electron chi connectivity index (χ2n) is 8.59. The van der Waals surface area contributed by atoms with Gasteiger partial charge < -0.3 is 20.6 Å². The van der Waals surface area contributed by atoms with E-state index < -0.39 is 9.84 Å². The lowest BCUT2D eigenvalue weighted by atomic mass is 9.86. The zero-order valence-electron chi connectivity index (χ0n) is 18.5. The number of hydrogen-bond donors (Lipinski definition) is 4. The number of H-pyrrole nitrogens is 2. The van der Waals surface area contributed by atoms with Crippen molar-refractivity contribution in [3.8, 4) is 0 Å². The molecule has 3 heterocycles. The standard InChI is InChI=1S/C22H24N6O4S2/c1-34(31,32)8-2-7-23-21(29)12-3-5-15-14(9-12)18-19(24-11-25-20(18)27-15)26-13-4-6-16-17(10-13)33-22(30)28-16/h4,6,10-12H,2-3,5,7-9H2,1H3,(H,23,29)(H,28,30)(H2,24,25,26,27). The Balaban J connectivity index is 1.37. The minimum absolute atomic E-state index is 0.0579. The van der Waals surface area contributed by atoms with Gasteiger partial charge in [0.25, 0.3) is 0 Å². The number of anilines is 2. The van der Waals surface area contributed by atoms with Gasteiger partial charge in [-0.2, -0.15) is 0 Å². The largest absolute Gasteiger partial charge is 0.356 e. The van der Waals surface area contributed by atoms with Crippen LogP contribution < -0.4 is 15.5 Å². The van der Waals surface area contributed by atoms with E-state index in [0.717, 1.165) is 50.3 Å². The molecule has 1 aromatic carbocycles. The highest BCUT2D eigenvalue weighted by Crippen LogP contribution is 2.35. The van der Waals surface area contributed by atoms with Crippen molar-refractivity contribution < 1.29 is 13.2 Å². The Kier molecular flexibility index (Phi) is 5.86. The molecule has 0 radical (unpaired) electrons. The van der Waals surface area contributed by atoms with Crippen molar-refractivity contribution in [2.45, 2.75) is 25.7 Å². The molecule has 0 aliphatic heterocycles. The van der Waals surface area contributed by atoms with Crippen LogP contribution in [0.5, 0.6) is 0 Å². The van der Waals surface area contributed by atoms with Crippen molar-refractivity contribution in [3.63, 3.8) is 0 Å². The summed E-state index contributed by atoms with van der Waals surface area (Å²) in [6.07, 6.45) is 5.06. The molecular weight excluding hydrogens is 476 g/mol. The van der Waals surface area contributed by atoms with E-state index in [9.17, 15) is 18.0 Å². The number of aromatic amines is 2. The summed E-state index contributed by atoms with van der Waals surface area (Å²) in [6, 6.07) is 5.63. The van der Waals surface area contributed by atoms with E-state index in [1.807, 2.05) is 18.2 Å². The summed E-state index contributed by atoms with van der Waals surface area (Å²) in [6.45, 7) is 0.340. The van der Waals surface area contributed by atoms with Gasteiger partial charge in [0.2, 0.25) is 5.91 Å². The van der Waals surface area contributed by atoms with E-state index in [1.165, 1.54) is 12.6 Å². The molecule has 1 amide bonds. The van der Waals surface area contributed by atoms with E-state index >= 15 is 0 Å². The van der Waals surface area contributed by atoms with Gasteiger partial charge in [0.15, 0.2) is 0 Å². The predicted octanol–water partition coefficient (Wildman–Crippen LogP) is 2.26. The van der Waals surface area contributed by atoms with Crippen molar-refractivity contribution in [1.29, 1.82) is 0 Å². The first kappa shape index (κ1) is 22.5. The molecular formula is C22H24N6O4S2. The normalized spacial score (nSPS) is 16.0. The van der Waals surface area contributed by atoms with Gasteiger partial charge in [-0.25, -0.2) is 18.4 Å². The van der Waals surface area contributed by atoms with Gasteiger partial charge >= 0.3 is 4.87 Å². The van der Waals surface area contributed by atoms with Crippen molar-refractivity contribution in [3.05, 3.63) is 45.5 Å². The molecule has 3 aromatic heterocycles. The lowest BCUT2D eigenvalue weighted by Gasteiger charge is -2.22. The Labute approximate surface area is 199 Å². The van der Waals surface area contributed by atoms with Crippen LogP contribution in [0, 0.1) is 5.92 Å². The van der Waals surface area contributed by atoms with Gasteiger partial charge in [0.1, 0.15) is 27.6 Å². The number of sulfone groups is 1. The number of fused-ring (bicyclic) bond motifs is 4. The molecule has 5 rings (SSSR count). The van der Waals surface area contributed by atoms with E-state index in [4.69, 9.17) is 0 Å². The molecule has 0 saturated carbocycles. The molecule has 1 atom stereocenters. The van der Waals surface area contributed by atoms with Crippen molar-refractivity contribution in [1.82, 2.24) is 25.3 Å². The highest BCUT2D eigenvalue weighted by Gasteiger charge is 2.29. The molecule has 12 heteroatoms. The number of aryl methyl sites for hydroxylation is 1. The number of carbonyl (C=O) groups excluding carboxylic acids is 1. The Morgan fingerprint density at radius 2 is 2.12 bits per heavy atom. The Bertz CT molecular complexity index is 1550. The average molecular weight is 501 g/mol. The topological polar surface area (TPSA) is 150 Å². The number of carbonyl (C=O) groups is 1. The second-order valence-corrected chi connectivity index (χ2v) is 11.9. The minimum atomic E-state index is -3.04. The SMILES string of the molecule is CS(=O)(=O)CCCNC(=O)C1CCc2[nH]c3ncnc(Nc4ccc5[nH]c(=O)sc5c4)c3c2C1. The quantitative estimate of drug-likeness (QED) is 0.284. The fourth-order valence-electron chi connectivity index (χ4n) is 4.41. The number of aromatic nitrogens is 4. The van der Waals surface area contributed by atoms with Crippen LogP contribution in [0.4, 0.5) is 11.5 Å². The lowest BCUT2D eigenvalue weighted by molar-refractivity contribution is -0.125. The Morgan fingerprint density at radius 1 is 1.26 bits per heavy atom. The molecule has 0 bridgehead atoms. The van der Waals surface area contributed by atoms with Gasteiger partial charge in [0.05, 0.1) is 21.4 Å². The molecule has 0 spiro atoms. The van der Waals surface area contributed by atoms with Gasteiger partial charge in [0, 0.05) is 30.1 Å². The number of nitrogens with zero attached hydrogens (tertiary/aromatic N) is 2. The first-order valence-corrected chi connectivity index (χ1v) is 13.8. The van der Waals surface area contributed by atoms with E-state index in [0.29, 0.717) is 37.3 Å². The van der Waals surface area contributed by atoms with Gasteiger partial charge in [-0.1, -0.05) is 11.3 Å². The molecule has 4 aromatic rings. The number of amides is 1. The molecule has 0 saturated heterocycles. The highest BCUT2D eigenvalue weighted by molar-refractivity contribution is 7.90. The third-order valence-electron chi connectivity index (χ3n) is 6.02. The smallest absolute Gasteiger partial charge is 0.305 e. The maximum atomic E-state index is 12.7. The first-order valence-electron chi connectivity index (χ1n) is 11.0. The number of rotatable bonds is 7. The fraction of sp³-hybridized carbons (Fsp3) is 0.364. The zero-order valence-corrected chi connectivity index (χ0v) is 20.1. The lowest BCUT2D eigenvalue weighted by Crippen LogP contribution is -2.35. The summed E-state index contributed by atoms with van der Waals surface area (Å²) < 4.78 is 23.4. The van der Waals surface area contributed by atoms with Crippen molar-refractivity contribution in [2.24, 2.45) is 5.92 Å². The second kappa shape index (κ2) is 8.84. The first-order chi connectivity index (χ1) is 16.3. The molecule has 4 N–H and O–H groups in total. The van der Waals surface area contributed by atoms with Crippen LogP contribution in [0.15, 0.2) is 29.3 Å². The van der Waals surface area contributed by atoms with Crippen molar-refractivity contribution >= 4 is 59.8 Å². The molecule has 0 fully saturated rings. The zero-order chi connectivity index (χ0) is 23.9. The van der Waals surface area contributed by atoms with Crippen LogP contribution in [0.3, 0.4) is 0 Å². The van der Waals surface area contributed by atoms with E-state index in [1.54, 1.807) is 0 Å². The highest BCUT2D eigenvalue weighted by atomic mass is 32.2. The number of nitrogens with one attached hydrogen (secondary N) is 4. The predicted molar refractivity (Wildman–Crippen MR) is 132 cm³/mol. The van der Waals surface area contributed by atoms with Crippen LogP contribution in [0.2, 0.25) is 0 Å². The molecule has 10 nitrogen and oxygen atoms in total. The Morgan fingerprint density at radius 3 is 2.94 bits per heavy atom. The van der Waals surface area contributed by atoms with Crippen LogP contribution in [-0.2, 0) is 27.5 Å². The maximum absolute atomic E-state index is 12.7. The van der Waals surface area contributed by atoms with Crippen LogP contribution in [0.1, 0.15) is 24.1 Å². The minimum Gasteiger partial charge on any atom is -0.356 e. The molecule has 1 aliphatic carbocycles. The Hall–Kier alpha value is -3.25. The monoisotopic (exact) mass is 500 g/mol. The summed E-state index contributed by atoms with van der Waals surface area (Å²) in [5.41, 5.74) is 4.38. The van der Waals surface area contributed by atoms with Gasteiger partial charge in [-0.3, -0.25) is 9.59 Å². The summed E-state index contributed by atoms with van der Waals surface area (Å²) in [5.74, 6) is 0.431. The summed E-state index contributed by atoms with van der Waals surface area (Å²) >= 11 is 1.15. The number of hydrogen-bond acceptors (Lipinski definition) is 8. The third-order valence-corrected chi connectivity index (χ3v) is 7.90. The molecule has 178 valence electrons. The van der Waals surface area contributed by atoms with Crippen molar-refractivity contribution in [2.75, 3.05) is 23.9 Å². The van der Waals surface area contributed by atoms with Crippen LogP contribution in [0.25, 0.3) is 21.3 Å². The fourth-order valence-corrected chi connectivity index (χ4v) is 5.85. The third kappa shape index (κ3) is 4.68. The number of thiazole rings is 1. The maximum Gasteiger partial charge on any atom is 0.305 e. The van der Waals surface area contributed by atoms with Crippen LogP contribution in [-0.4, -0.2) is 52.8 Å². The van der Waals surface area contributed by atoms with Gasteiger partial charge in [-0.15, -0.1) is 0 Å². The molecule has 1 aliphatic rings. The summed E-state index contributed by atoms with van der Waals surface area (Å²) in [4.78, 5) is 39.3. The summed E-state index contributed by atoms with van der Waals surface area (Å²) in [5, 5.41) is 7.08. The summed E-state index contributed by atoms with van der Waals surface area (Å²) in [7, 11) is -3.04. The molecule has 1 unspecified atom stereocenters. The van der Waals surface area contributed by atoms with Gasteiger partial charge in [-0.05, 0) is 49.4 Å². The van der Waals surface area contributed by atoms with Crippen LogP contribution >= 0.6 is 11.3 Å². The van der Waals surface area contributed by atoms with E-state index in [-0.39, 0.29) is 22.5 Å². The number of benzene rings is 1.